The lowest BCUT2D eigenvalue weighted by atomic mass is 10.1. The van der Waals surface area contributed by atoms with Crippen molar-refractivity contribution in [2.45, 2.75) is 37.9 Å². The number of anilines is 1. The lowest BCUT2D eigenvalue weighted by Crippen LogP contribution is -2.33. The van der Waals surface area contributed by atoms with Crippen LogP contribution < -0.4 is 10.2 Å². The molecule has 2 fully saturated rings. The van der Waals surface area contributed by atoms with E-state index in [1.165, 1.54) is 12.8 Å². The molecule has 0 aromatic heterocycles. The number of rotatable bonds is 5. The minimum Gasteiger partial charge on any atom is -0.368 e. The number of nitrogens with zero attached hydrogens (tertiary/aromatic N) is 1. The van der Waals surface area contributed by atoms with Crippen molar-refractivity contribution in [2.24, 2.45) is 0 Å². The van der Waals surface area contributed by atoms with Crippen LogP contribution >= 0.6 is 0 Å². The molecule has 1 saturated heterocycles. The quantitative estimate of drug-likeness (QED) is 0.899. The van der Waals surface area contributed by atoms with E-state index >= 15 is 0 Å². The number of nitrogens with one attached hydrogen (secondary N) is 1. The largest absolute Gasteiger partial charge is 0.368 e. The van der Waals surface area contributed by atoms with E-state index in [0.29, 0.717) is 24.7 Å². The van der Waals surface area contributed by atoms with Gasteiger partial charge < -0.3 is 10.2 Å². The Morgan fingerprint density at radius 3 is 2.67 bits per heavy atom. The zero-order valence-corrected chi connectivity index (χ0v) is 13.0. The number of sulfone groups is 1. The molecule has 2 aliphatic rings. The third kappa shape index (κ3) is 3.55. The van der Waals surface area contributed by atoms with E-state index in [0.717, 1.165) is 5.56 Å². The van der Waals surface area contributed by atoms with Crippen LogP contribution in [0.25, 0.3) is 0 Å². The minimum absolute atomic E-state index is 0.119. The lowest BCUT2D eigenvalue weighted by molar-refractivity contribution is 0.595. The molecular weight excluding hydrogens is 291 g/mol. The SMILES string of the molecule is CN(c1ccc(CNC2CC2)cc1F)C1CCS(=O)(=O)C1. The summed E-state index contributed by atoms with van der Waals surface area (Å²) in [7, 11) is -1.18. The number of benzene rings is 1. The van der Waals surface area contributed by atoms with Gasteiger partial charge in [-0.2, -0.15) is 0 Å². The second kappa shape index (κ2) is 5.57. The highest BCUT2D eigenvalue weighted by atomic mass is 32.2. The highest BCUT2D eigenvalue weighted by Gasteiger charge is 2.31. The molecule has 1 aromatic rings. The lowest BCUT2D eigenvalue weighted by Gasteiger charge is -2.26. The summed E-state index contributed by atoms with van der Waals surface area (Å²) in [5.41, 5.74) is 1.41. The first kappa shape index (κ1) is 14.8. The summed E-state index contributed by atoms with van der Waals surface area (Å²) in [5, 5.41) is 3.36. The van der Waals surface area contributed by atoms with Gasteiger partial charge in [0.25, 0.3) is 0 Å². The Hall–Kier alpha value is -1.14. The zero-order chi connectivity index (χ0) is 15.0. The van der Waals surface area contributed by atoms with Crippen molar-refractivity contribution in [2.75, 3.05) is 23.5 Å². The van der Waals surface area contributed by atoms with Crippen molar-refractivity contribution < 1.29 is 12.8 Å². The second-order valence-electron chi connectivity index (χ2n) is 6.11. The Labute approximate surface area is 125 Å². The summed E-state index contributed by atoms with van der Waals surface area (Å²) >= 11 is 0. The topological polar surface area (TPSA) is 49.4 Å². The fourth-order valence-electron chi connectivity index (χ4n) is 2.77. The van der Waals surface area contributed by atoms with Crippen LogP contribution in [0, 0.1) is 5.82 Å². The second-order valence-corrected chi connectivity index (χ2v) is 8.34. The molecule has 1 N–H and O–H groups in total. The predicted octanol–water partition coefficient (Wildman–Crippen LogP) is 1.70. The van der Waals surface area contributed by atoms with Gasteiger partial charge in [0, 0.05) is 25.7 Å². The molecule has 1 heterocycles. The Morgan fingerprint density at radius 2 is 2.10 bits per heavy atom. The molecule has 1 aliphatic carbocycles. The number of halogens is 1. The van der Waals surface area contributed by atoms with Crippen LogP contribution in [-0.2, 0) is 16.4 Å². The van der Waals surface area contributed by atoms with Gasteiger partial charge in [-0.3, -0.25) is 0 Å². The third-order valence-electron chi connectivity index (χ3n) is 4.32. The molecular formula is C15H21FN2O2S. The van der Waals surface area contributed by atoms with Crippen LogP contribution in [0.15, 0.2) is 18.2 Å². The van der Waals surface area contributed by atoms with Crippen LogP contribution in [0.2, 0.25) is 0 Å². The molecule has 0 amide bonds. The smallest absolute Gasteiger partial charge is 0.152 e. The molecule has 0 bridgehead atoms. The van der Waals surface area contributed by atoms with Gasteiger partial charge in [-0.05, 0) is 37.0 Å². The van der Waals surface area contributed by atoms with Gasteiger partial charge in [0.2, 0.25) is 0 Å². The van der Waals surface area contributed by atoms with Crippen LogP contribution in [0.1, 0.15) is 24.8 Å². The highest BCUT2D eigenvalue weighted by molar-refractivity contribution is 7.91. The van der Waals surface area contributed by atoms with Gasteiger partial charge in [0.1, 0.15) is 5.82 Å². The molecule has 4 nitrogen and oxygen atoms in total. The fourth-order valence-corrected chi connectivity index (χ4v) is 4.55. The molecule has 1 saturated carbocycles. The molecule has 1 aliphatic heterocycles. The Balaban J connectivity index is 1.69. The third-order valence-corrected chi connectivity index (χ3v) is 6.07. The summed E-state index contributed by atoms with van der Waals surface area (Å²) in [6.45, 7) is 0.684. The molecule has 1 unspecified atom stereocenters. The molecule has 3 rings (SSSR count). The first-order valence-electron chi connectivity index (χ1n) is 7.40. The van der Waals surface area contributed by atoms with E-state index in [9.17, 15) is 12.8 Å². The van der Waals surface area contributed by atoms with Crippen molar-refractivity contribution in [3.8, 4) is 0 Å². The van der Waals surface area contributed by atoms with Gasteiger partial charge in [0.15, 0.2) is 9.84 Å². The zero-order valence-electron chi connectivity index (χ0n) is 12.2. The van der Waals surface area contributed by atoms with Crippen LogP contribution in [0.3, 0.4) is 0 Å². The van der Waals surface area contributed by atoms with E-state index in [4.69, 9.17) is 0 Å². The maximum atomic E-state index is 14.3. The molecule has 1 aromatic carbocycles. The van der Waals surface area contributed by atoms with Crippen molar-refractivity contribution in [3.63, 3.8) is 0 Å². The normalized spacial score (nSPS) is 24.2. The Bertz CT molecular complexity index is 629. The molecule has 21 heavy (non-hydrogen) atoms. The minimum atomic E-state index is -2.95. The number of hydrogen-bond donors (Lipinski definition) is 1. The van der Waals surface area contributed by atoms with E-state index in [1.807, 2.05) is 6.07 Å². The van der Waals surface area contributed by atoms with Gasteiger partial charge >= 0.3 is 0 Å². The predicted molar refractivity (Wildman–Crippen MR) is 81.7 cm³/mol. The summed E-state index contributed by atoms with van der Waals surface area (Å²) in [6, 6.07) is 5.68. The van der Waals surface area contributed by atoms with E-state index in [1.54, 1.807) is 24.1 Å². The highest BCUT2D eigenvalue weighted by Crippen LogP contribution is 2.26. The standard InChI is InChI=1S/C15H21FN2O2S/c1-18(13-6-7-21(19,20)10-13)15-5-2-11(8-14(15)16)9-17-12-3-4-12/h2,5,8,12-13,17H,3-4,6-7,9-10H2,1H3. The molecule has 6 heteroatoms. The Morgan fingerprint density at radius 1 is 1.33 bits per heavy atom. The number of hydrogen-bond acceptors (Lipinski definition) is 4. The summed E-state index contributed by atoms with van der Waals surface area (Å²) < 4.78 is 37.4. The van der Waals surface area contributed by atoms with Crippen molar-refractivity contribution >= 4 is 15.5 Å². The van der Waals surface area contributed by atoms with Gasteiger partial charge in [-0.25, -0.2) is 12.8 Å². The summed E-state index contributed by atoms with van der Waals surface area (Å²) in [4.78, 5) is 1.76. The summed E-state index contributed by atoms with van der Waals surface area (Å²) in [5.74, 6) is 0.0397. The molecule has 0 radical (unpaired) electrons. The van der Waals surface area contributed by atoms with Gasteiger partial charge in [-0.15, -0.1) is 0 Å². The van der Waals surface area contributed by atoms with Crippen LogP contribution in [0.4, 0.5) is 10.1 Å². The van der Waals surface area contributed by atoms with E-state index < -0.39 is 9.84 Å². The van der Waals surface area contributed by atoms with Crippen LogP contribution in [-0.4, -0.2) is 39.1 Å². The average molecular weight is 312 g/mol. The molecule has 0 spiro atoms. The van der Waals surface area contributed by atoms with Crippen molar-refractivity contribution in [3.05, 3.63) is 29.6 Å². The molecule has 116 valence electrons. The van der Waals surface area contributed by atoms with Gasteiger partial charge in [0.05, 0.1) is 17.2 Å². The average Bonchev–Trinajstić information content (AvgIpc) is 3.18. The monoisotopic (exact) mass is 312 g/mol. The maximum absolute atomic E-state index is 14.3. The maximum Gasteiger partial charge on any atom is 0.152 e. The van der Waals surface area contributed by atoms with E-state index in [-0.39, 0.29) is 23.4 Å². The van der Waals surface area contributed by atoms with Crippen LogP contribution in [0.5, 0.6) is 0 Å². The first-order valence-corrected chi connectivity index (χ1v) is 9.22. The van der Waals surface area contributed by atoms with Crippen molar-refractivity contribution in [1.82, 2.24) is 5.32 Å². The Kier molecular flexibility index (Phi) is 3.92. The van der Waals surface area contributed by atoms with Gasteiger partial charge in [-0.1, -0.05) is 6.07 Å². The van der Waals surface area contributed by atoms with Crippen molar-refractivity contribution in [1.29, 1.82) is 0 Å². The van der Waals surface area contributed by atoms with E-state index in [2.05, 4.69) is 5.32 Å². The molecule has 1 atom stereocenters. The first-order chi connectivity index (χ1) is 9.94. The summed E-state index contributed by atoms with van der Waals surface area (Å²) in [6.07, 6.45) is 2.99. The fraction of sp³-hybridized carbons (Fsp3) is 0.600.